The molecule has 2 aliphatic heterocycles. The zero-order chi connectivity index (χ0) is 22.1. The number of rotatable bonds is 5. The highest BCUT2D eigenvalue weighted by Gasteiger charge is 2.30. The highest BCUT2D eigenvalue weighted by Crippen LogP contribution is 2.34. The summed E-state index contributed by atoms with van der Waals surface area (Å²) in [5, 5.41) is 6.49. The Kier molecular flexibility index (Phi) is 5.81. The third kappa shape index (κ3) is 4.34. The number of aromatic nitrogens is 2. The highest BCUT2D eigenvalue weighted by molar-refractivity contribution is 7.13. The van der Waals surface area contributed by atoms with Crippen LogP contribution in [0.1, 0.15) is 5.89 Å². The lowest BCUT2D eigenvalue weighted by Gasteiger charge is -2.36. The fourth-order valence-electron chi connectivity index (χ4n) is 3.76. The van der Waals surface area contributed by atoms with Crippen molar-refractivity contribution in [3.63, 3.8) is 0 Å². The zero-order valence-corrected chi connectivity index (χ0v) is 18.6. The van der Waals surface area contributed by atoms with E-state index in [9.17, 15) is 9.59 Å². The number of hydrogen-bond donors (Lipinski definition) is 0. The molecule has 1 aromatic carbocycles. The molecule has 5 rings (SSSR count). The van der Waals surface area contributed by atoms with Crippen LogP contribution in [0.4, 0.5) is 5.69 Å². The number of ether oxygens (including phenoxy) is 1. The highest BCUT2D eigenvalue weighted by atomic mass is 35.5. The second kappa shape index (κ2) is 8.89. The molecular formula is C21H20ClN5O4S. The van der Waals surface area contributed by atoms with Crippen LogP contribution in [0.5, 0.6) is 5.75 Å². The van der Waals surface area contributed by atoms with Crippen molar-refractivity contribution in [2.24, 2.45) is 0 Å². The topological polar surface area (TPSA) is 92.0 Å². The second-order valence-electron chi connectivity index (χ2n) is 7.53. The number of hydrogen-bond acceptors (Lipinski definition) is 8. The van der Waals surface area contributed by atoms with Gasteiger partial charge in [0.2, 0.25) is 17.6 Å². The minimum atomic E-state index is -0.260. The van der Waals surface area contributed by atoms with Crippen LogP contribution in [0, 0.1) is 0 Å². The molecule has 0 unspecified atom stereocenters. The minimum Gasteiger partial charge on any atom is -0.482 e. The Bertz CT molecular complexity index is 1130. The summed E-state index contributed by atoms with van der Waals surface area (Å²) in [5.74, 6) is 1.33. The summed E-state index contributed by atoms with van der Waals surface area (Å²) >= 11 is 7.64. The lowest BCUT2D eigenvalue weighted by molar-refractivity contribution is -0.133. The van der Waals surface area contributed by atoms with Gasteiger partial charge >= 0.3 is 0 Å². The molecule has 1 saturated heterocycles. The van der Waals surface area contributed by atoms with Gasteiger partial charge < -0.3 is 14.2 Å². The number of carbonyl (C=O) groups excluding carboxylic acids is 2. The molecule has 1 fully saturated rings. The molecule has 0 N–H and O–H groups in total. The summed E-state index contributed by atoms with van der Waals surface area (Å²) in [6.45, 7) is 2.89. The van der Waals surface area contributed by atoms with Gasteiger partial charge in [-0.3, -0.25) is 19.4 Å². The average molecular weight is 474 g/mol. The lowest BCUT2D eigenvalue weighted by atomic mass is 10.2. The first-order valence-electron chi connectivity index (χ1n) is 10.2. The molecule has 0 saturated carbocycles. The molecule has 0 atom stereocenters. The largest absolute Gasteiger partial charge is 0.482 e. The van der Waals surface area contributed by atoms with Crippen LogP contribution in [-0.4, -0.2) is 71.1 Å². The van der Waals surface area contributed by atoms with E-state index in [1.165, 1.54) is 4.90 Å². The molecule has 11 heteroatoms. The molecule has 0 aliphatic carbocycles. The standard InChI is InChI=1S/C21H20ClN5O4S/c22-14-3-4-16-15(10-14)27(20(29)13-30-16)12-19(28)26-7-5-25(6-8-26)11-18-23-21(24-31-18)17-2-1-9-32-17/h1-4,9-10H,5-8,11-13H2. The van der Waals surface area contributed by atoms with Crippen molar-refractivity contribution >= 4 is 40.4 Å². The summed E-state index contributed by atoms with van der Waals surface area (Å²) in [6, 6.07) is 8.96. The van der Waals surface area contributed by atoms with Crippen molar-refractivity contribution < 1.29 is 18.8 Å². The van der Waals surface area contributed by atoms with E-state index in [4.69, 9.17) is 20.9 Å². The number of benzene rings is 1. The van der Waals surface area contributed by atoms with E-state index in [2.05, 4.69) is 15.0 Å². The maximum absolute atomic E-state index is 12.9. The van der Waals surface area contributed by atoms with Crippen LogP contribution in [0.15, 0.2) is 40.2 Å². The van der Waals surface area contributed by atoms with Crippen LogP contribution in [0.3, 0.4) is 0 Å². The second-order valence-corrected chi connectivity index (χ2v) is 8.91. The Morgan fingerprint density at radius 1 is 1.19 bits per heavy atom. The maximum atomic E-state index is 12.9. The first-order chi connectivity index (χ1) is 15.6. The van der Waals surface area contributed by atoms with Crippen molar-refractivity contribution in [2.75, 3.05) is 44.2 Å². The predicted molar refractivity (Wildman–Crippen MR) is 119 cm³/mol. The number of piperazine rings is 1. The van der Waals surface area contributed by atoms with Crippen molar-refractivity contribution in [1.82, 2.24) is 19.9 Å². The van der Waals surface area contributed by atoms with Crippen molar-refractivity contribution in [3.05, 3.63) is 46.6 Å². The summed E-state index contributed by atoms with van der Waals surface area (Å²) in [5.41, 5.74) is 0.527. The number of halogens is 1. The van der Waals surface area contributed by atoms with E-state index < -0.39 is 0 Å². The van der Waals surface area contributed by atoms with Gasteiger partial charge in [0.05, 0.1) is 17.1 Å². The Hall–Kier alpha value is -2.95. The van der Waals surface area contributed by atoms with E-state index in [1.54, 1.807) is 34.4 Å². The Balaban J connectivity index is 1.17. The Morgan fingerprint density at radius 3 is 2.81 bits per heavy atom. The quantitative estimate of drug-likeness (QED) is 0.562. The van der Waals surface area contributed by atoms with Crippen molar-refractivity contribution in [3.8, 4) is 16.5 Å². The van der Waals surface area contributed by atoms with Gasteiger partial charge in [-0.1, -0.05) is 22.8 Å². The summed E-state index contributed by atoms with van der Waals surface area (Å²) in [6.07, 6.45) is 0. The fourth-order valence-corrected chi connectivity index (χ4v) is 4.57. The van der Waals surface area contributed by atoms with Gasteiger partial charge in [0.1, 0.15) is 12.3 Å². The number of nitrogens with zero attached hydrogens (tertiary/aromatic N) is 5. The third-order valence-corrected chi connectivity index (χ3v) is 6.55. The molecular weight excluding hydrogens is 454 g/mol. The van der Waals surface area contributed by atoms with Crippen molar-refractivity contribution in [2.45, 2.75) is 6.54 Å². The van der Waals surface area contributed by atoms with Crippen LogP contribution in [-0.2, 0) is 16.1 Å². The molecule has 0 radical (unpaired) electrons. The van der Waals surface area contributed by atoms with Crippen molar-refractivity contribution in [1.29, 1.82) is 0 Å². The number of fused-ring (bicyclic) bond motifs is 1. The van der Waals surface area contributed by atoms with E-state index in [1.807, 2.05) is 17.5 Å². The van der Waals surface area contributed by atoms with Gasteiger partial charge in [0.15, 0.2) is 6.61 Å². The number of carbonyl (C=O) groups is 2. The van der Waals surface area contributed by atoms with E-state index >= 15 is 0 Å². The van der Waals surface area contributed by atoms with E-state index in [0.29, 0.717) is 60.9 Å². The van der Waals surface area contributed by atoms with Gasteiger partial charge in [-0.25, -0.2) is 0 Å². The Labute approximate surface area is 193 Å². The molecule has 2 amide bonds. The minimum absolute atomic E-state index is 0.0383. The molecule has 2 aliphatic rings. The van der Waals surface area contributed by atoms with E-state index in [-0.39, 0.29) is 25.0 Å². The first kappa shape index (κ1) is 20.9. The molecule has 0 spiro atoms. The average Bonchev–Trinajstić information content (AvgIpc) is 3.48. The molecule has 32 heavy (non-hydrogen) atoms. The van der Waals surface area contributed by atoms with Gasteiger partial charge in [-0.05, 0) is 29.6 Å². The van der Waals surface area contributed by atoms with Gasteiger partial charge in [0.25, 0.3) is 5.91 Å². The maximum Gasteiger partial charge on any atom is 0.265 e. The van der Waals surface area contributed by atoms with Crippen LogP contribution in [0.2, 0.25) is 5.02 Å². The molecule has 166 valence electrons. The Morgan fingerprint density at radius 2 is 2.03 bits per heavy atom. The van der Waals surface area contributed by atoms with Crippen LogP contribution < -0.4 is 9.64 Å². The molecule has 4 heterocycles. The van der Waals surface area contributed by atoms with Crippen LogP contribution in [0.25, 0.3) is 10.7 Å². The SMILES string of the molecule is O=C(CN1C(=O)COc2ccc(Cl)cc21)N1CCN(Cc2nc(-c3cccs3)no2)CC1. The van der Waals surface area contributed by atoms with Gasteiger partial charge in [-0.15, -0.1) is 11.3 Å². The van der Waals surface area contributed by atoms with E-state index in [0.717, 1.165) is 4.88 Å². The predicted octanol–water partition coefficient (Wildman–Crippen LogP) is 2.52. The summed E-state index contributed by atoms with van der Waals surface area (Å²) in [4.78, 5) is 36.1. The summed E-state index contributed by atoms with van der Waals surface area (Å²) in [7, 11) is 0. The zero-order valence-electron chi connectivity index (χ0n) is 17.1. The smallest absolute Gasteiger partial charge is 0.265 e. The normalized spacial score (nSPS) is 16.7. The molecule has 3 aromatic rings. The fraction of sp³-hybridized carbons (Fsp3) is 0.333. The number of anilines is 1. The molecule has 0 bridgehead atoms. The van der Waals surface area contributed by atoms with Crippen LogP contribution >= 0.6 is 22.9 Å². The number of amides is 2. The van der Waals surface area contributed by atoms with Gasteiger partial charge in [0, 0.05) is 31.2 Å². The van der Waals surface area contributed by atoms with Gasteiger partial charge in [-0.2, -0.15) is 4.98 Å². The summed E-state index contributed by atoms with van der Waals surface area (Å²) < 4.78 is 10.8. The first-order valence-corrected chi connectivity index (χ1v) is 11.4. The number of thiophene rings is 1. The monoisotopic (exact) mass is 473 g/mol. The molecule has 9 nitrogen and oxygen atoms in total. The molecule has 2 aromatic heterocycles. The lowest BCUT2D eigenvalue weighted by Crippen LogP contribution is -2.52. The third-order valence-electron chi connectivity index (χ3n) is 5.45.